The molecule has 0 radical (unpaired) electrons. The lowest BCUT2D eigenvalue weighted by Crippen LogP contribution is -2.39. The second-order valence-electron chi connectivity index (χ2n) is 4.99. The van der Waals surface area contributed by atoms with Crippen molar-refractivity contribution in [2.24, 2.45) is 0 Å². The lowest BCUT2D eigenvalue weighted by molar-refractivity contribution is 0.370. The van der Waals surface area contributed by atoms with Gasteiger partial charge < -0.3 is 10.2 Å². The van der Waals surface area contributed by atoms with Gasteiger partial charge in [-0.1, -0.05) is 0 Å². The largest absolute Gasteiger partial charge is 0.315 e. The maximum absolute atomic E-state index is 12.5. The maximum Gasteiger partial charge on any atom is 0.242 e. The molecule has 110 valence electrons. The van der Waals surface area contributed by atoms with Crippen molar-refractivity contribution in [2.75, 3.05) is 27.7 Å². The summed E-state index contributed by atoms with van der Waals surface area (Å²) in [5, 5.41) is 4.89. The summed E-state index contributed by atoms with van der Waals surface area (Å²) in [7, 11) is 2.21. The zero-order chi connectivity index (χ0) is 14.6. The summed E-state index contributed by atoms with van der Waals surface area (Å²) in [5.41, 5.74) is 0.805. The van der Waals surface area contributed by atoms with E-state index in [0.717, 1.165) is 10.4 Å². The Balaban J connectivity index is 2.97. The number of likely N-dealkylation sites (N-methyl/N-ethyl adjacent to an activating group) is 1. The van der Waals surface area contributed by atoms with Gasteiger partial charge in [-0.05, 0) is 45.9 Å². The first-order chi connectivity index (χ1) is 8.77. The molecule has 1 atom stereocenters. The summed E-state index contributed by atoms with van der Waals surface area (Å²) in [6, 6.07) is -0.123. The first-order valence-electron chi connectivity index (χ1n) is 6.16. The Kier molecular flexibility index (Phi) is 5.94. The fraction of sp³-hybridized carbons (Fsp3) is 0.667. The quantitative estimate of drug-likeness (QED) is 0.789. The summed E-state index contributed by atoms with van der Waals surface area (Å²) >= 11 is 1.48. The van der Waals surface area contributed by atoms with Crippen molar-refractivity contribution < 1.29 is 8.42 Å². The average Bonchev–Trinajstić information content (AvgIpc) is 2.58. The van der Waals surface area contributed by atoms with Gasteiger partial charge in [0.2, 0.25) is 10.0 Å². The Morgan fingerprint density at radius 2 is 2.05 bits per heavy atom. The van der Waals surface area contributed by atoms with Crippen molar-refractivity contribution in [3.8, 4) is 0 Å². The molecule has 0 saturated carbocycles. The molecule has 0 aromatic carbocycles. The minimum Gasteiger partial charge on any atom is -0.315 e. The van der Waals surface area contributed by atoms with Gasteiger partial charge in [-0.25, -0.2) is 13.1 Å². The molecule has 1 unspecified atom stereocenters. The SMILES string of the molecule is CNCc1scc(C)c1S(=O)(=O)NC(C)CN(C)C. The van der Waals surface area contributed by atoms with Crippen molar-refractivity contribution in [1.29, 1.82) is 0 Å². The monoisotopic (exact) mass is 305 g/mol. The van der Waals surface area contributed by atoms with Gasteiger partial charge in [-0.2, -0.15) is 0 Å². The van der Waals surface area contributed by atoms with E-state index in [1.165, 1.54) is 11.3 Å². The Bertz CT molecular complexity index is 509. The minimum absolute atomic E-state index is 0.123. The molecule has 0 amide bonds. The maximum atomic E-state index is 12.5. The van der Waals surface area contributed by atoms with Gasteiger partial charge in [0.1, 0.15) is 4.90 Å². The molecular formula is C12H23N3O2S2. The van der Waals surface area contributed by atoms with Crippen molar-refractivity contribution in [2.45, 2.75) is 31.3 Å². The summed E-state index contributed by atoms with van der Waals surface area (Å²) < 4.78 is 27.6. The molecule has 1 aromatic rings. The second-order valence-corrected chi connectivity index (χ2v) is 7.60. The van der Waals surface area contributed by atoms with Crippen LogP contribution in [0.3, 0.4) is 0 Å². The van der Waals surface area contributed by atoms with Gasteiger partial charge in [0, 0.05) is 24.0 Å². The fourth-order valence-corrected chi connectivity index (χ4v) is 5.10. The number of aryl methyl sites for hydroxylation is 1. The van der Waals surface area contributed by atoms with E-state index in [2.05, 4.69) is 10.0 Å². The van der Waals surface area contributed by atoms with Gasteiger partial charge in [-0.3, -0.25) is 0 Å². The van der Waals surface area contributed by atoms with Crippen molar-refractivity contribution in [1.82, 2.24) is 14.9 Å². The zero-order valence-corrected chi connectivity index (χ0v) is 13.8. The Labute approximate surface area is 120 Å². The molecule has 1 heterocycles. The van der Waals surface area contributed by atoms with Crippen LogP contribution in [0.5, 0.6) is 0 Å². The molecule has 0 aliphatic rings. The van der Waals surface area contributed by atoms with Gasteiger partial charge in [-0.15, -0.1) is 11.3 Å². The molecule has 5 nitrogen and oxygen atoms in total. The van der Waals surface area contributed by atoms with Gasteiger partial charge in [0.15, 0.2) is 0 Å². The van der Waals surface area contributed by atoms with Crippen LogP contribution in [0.15, 0.2) is 10.3 Å². The minimum atomic E-state index is -3.45. The van der Waals surface area contributed by atoms with E-state index in [9.17, 15) is 8.42 Å². The topological polar surface area (TPSA) is 61.4 Å². The third-order valence-corrected chi connectivity index (χ3v) is 5.64. The second kappa shape index (κ2) is 6.81. The van der Waals surface area contributed by atoms with Crippen molar-refractivity contribution in [3.63, 3.8) is 0 Å². The fourth-order valence-electron chi connectivity index (χ4n) is 2.04. The van der Waals surface area contributed by atoms with E-state index in [1.807, 2.05) is 45.3 Å². The molecule has 2 N–H and O–H groups in total. The highest BCUT2D eigenvalue weighted by Crippen LogP contribution is 2.26. The van der Waals surface area contributed by atoms with Gasteiger partial charge in [0.25, 0.3) is 0 Å². The van der Waals surface area contributed by atoms with Crippen molar-refractivity contribution >= 4 is 21.4 Å². The van der Waals surface area contributed by atoms with Crippen LogP contribution in [0.25, 0.3) is 0 Å². The normalized spacial score (nSPS) is 14.0. The highest BCUT2D eigenvalue weighted by atomic mass is 32.2. The summed E-state index contributed by atoms with van der Waals surface area (Å²) in [6.07, 6.45) is 0. The number of hydrogen-bond acceptors (Lipinski definition) is 5. The molecule has 0 spiro atoms. The number of thiophene rings is 1. The zero-order valence-electron chi connectivity index (χ0n) is 12.1. The van der Waals surface area contributed by atoms with E-state index in [0.29, 0.717) is 18.0 Å². The average molecular weight is 305 g/mol. The lowest BCUT2D eigenvalue weighted by atomic mass is 10.3. The van der Waals surface area contributed by atoms with Crippen LogP contribution >= 0.6 is 11.3 Å². The van der Waals surface area contributed by atoms with E-state index < -0.39 is 10.0 Å². The highest BCUT2D eigenvalue weighted by Gasteiger charge is 2.24. The smallest absolute Gasteiger partial charge is 0.242 e. The van der Waals surface area contributed by atoms with E-state index in [4.69, 9.17) is 0 Å². The predicted molar refractivity (Wildman–Crippen MR) is 80.2 cm³/mol. The van der Waals surface area contributed by atoms with Crippen LogP contribution in [0.4, 0.5) is 0 Å². The number of nitrogens with zero attached hydrogens (tertiary/aromatic N) is 1. The van der Waals surface area contributed by atoms with Crippen LogP contribution in [-0.2, 0) is 16.6 Å². The lowest BCUT2D eigenvalue weighted by Gasteiger charge is -2.19. The summed E-state index contributed by atoms with van der Waals surface area (Å²) in [5.74, 6) is 0. The van der Waals surface area contributed by atoms with Gasteiger partial charge in [0.05, 0.1) is 0 Å². The van der Waals surface area contributed by atoms with E-state index in [1.54, 1.807) is 0 Å². The molecule has 0 aliphatic heterocycles. The molecular weight excluding hydrogens is 282 g/mol. The van der Waals surface area contributed by atoms with E-state index in [-0.39, 0.29) is 6.04 Å². The molecule has 19 heavy (non-hydrogen) atoms. The van der Waals surface area contributed by atoms with Crippen LogP contribution in [-0.4, -0.2) is 47.0 Å². The number of sulfonamides is 1. The van der Waals surface area contributed by atoms with Crippen LogP contribution < -0.4 is 10.0 Å². The molecule has 0 bridgehead atoms. The van der Waals surface area contributed by atoms with Gasteiger partial charge >= 0.3 is 0 Å². The first-order valence-corrected chi connectivity index (χ1v) is 8.52. The molecule has 0 fully saturated rings. The first kappa shape index (κ1) is 16.6. The van der Waals surface area contributed by atoms with Crippen LogP contribution in [0.2, 0.25) is 0 Å². The molecule has 1 aromatic heterocycles. The third-order valence-electron chi connectivity index (χ3n) is 2.59. The third kappa shape index (κ3) is 4.54. The standard InChI is InChI=1S/C12H23N3O2S2/c1-9-8-18-11(6-13-3)12(9)19(16,17)14-10(2)7-15(4)5/h8,10,13-14H,6-7H2,1-5H3. The molecule has 0 saturated heterocycles. The molecule has 1 rings (SSSR count). The Morgan fingerprint density at radius 1 is 1.42 bits per heavy atom. The Hall–Kier alpha value is -0.470. The summed E-state index contributed by atoms with van der Waals surface area (Å²) in [4.78, 5) is 3.24. The molecule has 0 aliphatic carbocycles. The predicted octanol–water partition coefficient (Wildman–Crippen LogP) is 1.00. The molecule has 7 heteroatoms. The summed E-state index contributed by atoms with van der Waals surface area (Å²) in [6.45, 7) is 4.94. The van der Waals surface area contributed by atoms with E-state index >= 15 is 0 Å². The highest BCUT2D eigenvalue weighted by molar-refractivity contribution is 7.89. The number of hydrogen-bond donors (Lipinski definition) is 2. The number of rotatable bonds is 7. The van der Waals surface area contributed by atoms with Crippen LogP contribution in [0.1, 0.15) is 17.4 Å². The Morgan fingerprint density at radius 3 is 2.58 bits per heavy atom. The van der Waals surface area contributed by atoms with Crippen molar-refractivity contribution in [3.05, 3.63) is 15.8 Å². The number of nitrogens with one attached hydrogen (secondary N) is 2. The van der Waals surface area contributed by atoms with Crippen LogP contribution in [0, 0.1) is 6.92 Å².